The van der Waals surface area contributed by atoms with Gasteiger partial charge < -0.3 is 4.74 Å². The zero-order valence-corrected chi connectivity index (χ0v) is 14.8. The molecule has 0 bridgehead atoms. The Bertz CT molecular complexity index is 991. The van der Waals surface area contributed by atoms with Crippen LogP contribution in [0.3, 0.4) is 0 Å². The Kier molecular flexibility index (Phi) is 4.32. The minimum Gasteiger partial charge on any atom is -0.493 e. The van der Waals surface area contributed by atoms with Gasteiger partial charge in [0, 0.05) is 0 Å². The minimum absolute atomic E-state index is 0.270. The predicted octanol–water partition coefficient (Wildman–Crippen LogP) is 3.68. The first kappa shape index (κ1) is 16.5. The number of fused-ring (bicyclic) bond motifs is 1. The van der Waals surface area contributed by atoms with Gasteiger partial charge in [-0.3, -0.25) is 0 Å². The van der Waals surface area contributed by atoms with Crippen LogP contribution in [0, 0.1) is 13.8 Å². The van der Waals surface area contributed by atoms with Gasteiger partial charge in [-0.05, 0) is 55.7 Å². The summed E-state index contributed by atoms with van der Waals surface area (Å²) in [5.74, 6) is 0.726. The zero-order chi connectivity index (χ0) is 17.3. The molecular weight excluding hydrogens is 324 g/mol. The molecule has 1 heterocycles. The topological polar surface area (TPSA) is 61.2 Å². The van der Waals surface area contributed by atoms with Crippen molar-refractivity contribution < 1.29 is 13.2 Å². The molecule has 0 aliphatic heterocycles. The van der Waals surface area contributed by atoms with Crippen LogP contribution in [0.15, 0.2) is 47.6 Å². The predicted molar refractivity (Wildman–Crippen MR) is 94.0 cm³/mol. The van der Waals surface area contributed by atoms with Crippen molar-refractivity contribution in [2.24, 2.45) is 0 Å². The molecule has 3 rings (SSSR count). The van der Waals surface area contributed by atoms with E-state index in [9.17, 15) is 8.42 Å². The Hall–Kier alpha value is -2.34. The molecule has 0 unspecified atom stereocenters. The van der Waals surface area contributed by atoms with Crippen LogP contribution in [0.25, 0.3) is 11.0 Å². The number of rotatable bonds is 5. The summed E-state index contributed by atoms with van der Waals surface area (Å²) in [5.41, 5.74) is 2.68. The summed E-state index contributed by atoms with van der Waals surface area (Å²) in [6.07, 6.45) is 2.26. The van der Waals surface area contributed by atoms with Crippen molar-refractivity contribution in [1.29, 1.82) is 0 Å². The van der Waals surface area contributed by atoms with Gasteiger partial charge in [0.15, 0.2) is 0 Å². The minimum atomic E-state index is -3.71. The van der Waals surface area contributed by atoms with Gasteiger partial charge in [-0.15, -0.1) is 0 Å². The number of imidazole rings is 1. The van der Waals surface area contributed by atoms with E-state index in [1.54, 1.807) is 37.3 Å². The van der Waals surface area contributed by atoms with Crippen LogP contribution in [-0.2, 0) is 10.0 Å². The third kappa shape index (κ3) is 2.78. The Morgan fingerprint density at radius 2 is 1.88 bits per heavy atom. The first-order valence-corrected chi connectivity index (χ1v) is 9.31. The van der Waals surface area contributed by atoms with E-state index in [1.165, 1.54) is 10.3 Å². The molecule has 0 radical (unpaired) electrons. The molecule has 6 heteroatoms. The second kappa shape index (κ2) is 6.28. The number of ether oxygens (including phenoxy) is 1. The van der Waals surface area contributed by atoms with E-state index < -0.39 is 10.0 Å². The van der Waals surface area contributed by atoms with Crippen LogP contribution >= 0.6 is 0 Å². The van der Waals surface area contributed by atoms with E-state index in [0.29, 0.717) is 23.2 Å². The maximum atomic E-state index is 13.1. The molecular formula is C18H20N2O3S. The van der Waals surface area contributed by atoms with Crippen LogP contribution in [0.5, 0.6) is 5.75 Å². The maximum Gasteiger partial charge on any atom is 0.269 e. The fourth-order valence-electron chi connectivity index (χ4n) is 2.64. The summed E-state index contributed by atoms with van der Waals surface area (Å²) in [6.45, 7) is 6.28. The SMILES string of the molecule is CCCOc1cc(C)c(S(=O)(=O)n2cnc3ccccc32)cc1C. The van der Waals surface area contributed by atoms with Crippen LogP contribution in [0.4, 0.5) is 0 Å². The van der Waals surface area contributed by atoms with Gasteiger partial charge in [0.1, 0.15) is 12.1 Å². The third-order valence-electron chi connectivity index (χ3n) is 3.89. The van der Waals surface area contributed by atoms with E-state index in [1.807, 2.05) is 19.9 Å². The van der Waals surface area contributed by atoms with Crippen LogP contribution in [-0.4, -0.2) is 24.0 Å². The highest BCUT2D eigenvalue weighted by atomic mass is 32.2. The molecule has 0 N–H and O–H groups in total. The number of aryl methyl sites for hydroxylation is 2. The Morgan fingerprint density at radius 3 is 2.62 bits per heavy atom. The lowest BCUT2D eigenvalue weighted by atomic mass is 10.1. The van der Waals surface area contributed by atoms with E-state index >= 15 is 0 Å². The monoisotopic (exact) mass is 344 g/mol. The summed E-state index contributed by atoms with van der Waals surface area (Å²) >= 11 is 0. The third-order valence-corrected chi connectivity index (χ3v) is 5.70. The lowest BCUT2D eigenvalue weighted by molar-refractivity contribution is 0.315. The first-order chi connectivity index (χ1) is 11.4. The molecule has 0 saturated heterocycles. The van der Waals surface area contributed by atoms with E-state index in [4.69, 9.17) is 4.74 Å². The highest BCUT2D eigenvalue weighted by molar-refractivity contribution is 7.90. The van der Waals surface area contributed by atoms with Gasteiger partial charge in [0.05, 0.1) is 22.5 Å². The molecule has 0 saturated carbocycles. The first-order valence-electron chi connectivity index (χ1n) is 7.87. The molecule has 0 spiro atoms. The van der Waals surface area contributed by atoms with Crippen molar-refractivity contribution in [2.75, 3.05) is 6.61 Å². The van der Waals surface area contributed by atoms with Crippen LogP contribution in [0.2, 0.25) is 0 Å². The highest BCUT2D eigenvalue weighted by Gasteiger charge is 2.23. The van der Waals surface area contributed by atoms with Gasteiger partial charge >= 0.3 is 0 Å². The van der Waals surface area contributed by atoms with Crippen molar-refractivity contribution >= 4 is 21.1 Å². The Balaban J connectivity index is 2.12. The van der Waals surface area contributed by atoms with E-state index in [0.717, 1.165) is 17.7 Å². The quantitative estimate of drug-likeness (QED) is 0.708. The number of para-hydroxylation sites is 2. The van der Waals surface area contributed by atoms with Crippen molar-refractivity contribution in [3.8, 4) is 5.75 Å². The summed E-state index contributed by atoms with van der Waals surface area (Å²) in [5, 5.41) is 0. The molecule has 0 amide bonds. The Labute approximate surface area is 142 Å². The summed E-state index contributed by atoms with van der Waals surface area (Å²) in [6, 6.07) is 10.6. The summed E-state index contributed by atoms with van der Waals surface area (Å²) in [4.78, 5) is 4.45. The lowest BCUT2D eigenvalue weighted by Crippen LogP contribution is -2.14. The summed E-state index contributed by atoms with van der Waals surface area (Å²) < 4.78 is 33.1. The molecule has 126 valence electrons. The summed E-state index contributed by atoms with van der Waals surface area (Å²) in [7, 11) is -3.71. The van der Waals surface area contributed by atoms with Crippen molar-refractivity contribution in [3.05, 3.63) is 53.9 Å². The van der Waals surface area contributed by atoms with Crippen molar-refractivity contribution in [1.82, 2.24) is 8.96 Å². The number of benzene rings is 2. The van der Waals surface area contributed by atoms with Gasteiger partial charge in [0.2, 0.25) is 0 Å². The van der Waals surface area contributed by atoms with Crippen molar-refractivity contribution in [3.63, 3.8) is 0 Å². The number of nitrogens with zero attached hydrogens (tertiary/aromatic N) is 2. The van der Waals surface area contributed by atoms with Crippen LogP contribution in [0.1, 0.15) is 24.5 Å². The molecule has 0 fully saturated rings. The number of aromatic nitrogens is 2. The second-order valence-electron chi connectivity index (χ2n) is 5.77. The smallest absolute Gasteiger partial charge is 0.269 e. The molecule has 3 aromatic rings. The molecule has 2 aromatic carbocycles. The van der Waals surface area contributed by atoms with Crippen LogP contribution < -0.4 is 4.74 Å². The molecule has 0 atom stereocenters. The van der Waals surface area contributed by atoms with Crippen molar-refractivity contribution in [2.45, 2.75) is 32.1 Å². The van der Waals surface area contributed by atoms with Gasteiger partial charge in [0.25, 0.3) is 10.0 Å². The zero-order valence-electron chi connectivity index (χ0n) is 14.0. The largest absolute Gasteiger partial charge is 0.493 e. The lowest BCUT2D eigenvalue weighted by Gasteiger charge is -2.14. The van der Waals surface area contributed by atoms with Gasteiger partial charge in [-0.2, -0.15) is 0 Å². The second-order valence-corrected chi connectivity index (χ2v) is 7.55. The highest BCUT2D eigenvalue weighted by Crippen LogP contribution is 2.28. The standard InChI is InChI=1S/C18H20N2O3S/c1-4-9-23-17-10-14(3)18(11-13(17)2)24(21,22)20-12-19-15-7-5-6-8-16(15)20/h5-8,10-12H,4,9H2,1-3H3. The fourth-order valence-corrected chi connectivity index (χ4v) is 4.23. The fraction of sp³-hybridized carbons (Fsp3) is 0.278. The van der Waals surface area contributed by atoms with Gasteiger partial charge in [-0.1, -0.05) is 19.1 Å². The number of hydrogen-bond donors (Lipinski definition) is 0. The Morgan fingerprint density at radius 1 is 1.12 bits per heavy atom. The molecule has 0 aliphatic carbocycles. The molecule has 1 aromatic heterocycles. The number of hydrogen-bond acceptors (Lipinski definition) is 4. The van der Waals surface area contributed by atoms with E-state index in [2.05, 4.69) is 4.98 Å². The molecule has 0 aliphatic rings. The normalized spacial score (nSPS) is 11.8. The van der Waals surface area contributed by atoms with E-state index in [-0.39, 0.29) is 4.90 Å². The molecule has 5 nitrogen and oxygen atoms in total. The maximum absolute atomic E-state index is 13.1. The average molecular weight is 344 g/mol. The average Bonchev–Trinajstić information content (AvgIpc) is 3.00. The molecule has 24 heavy (non-hydrogen) atoms. The van der Waals surface area contributed by atoms with Gasteiger partial charge in [-0.25, -0.2) is 17.4 Å².